The molecule has 0 aliphatic carbocycles. The van der Waals surface area contributed by atoms with Crippen LogP contribution in [0.1, 0.15) is 51.3 Å². The molecule has 3 rings (SSSR count). The Morgan fingerprint density at radius 3 is 2.56 bits per heavy atom. The fourth-order valence-corrected chi connectivity index (χ4v) is 4.21. The zero-order valence-corrected chi connectivity index (χ0v) is 19.9. The molecule has 0 saturated carbocycles. The fraction of sp³-hybridized carbons (Fsp3) is 0.542. The van der Waals surface area contributed by atoms with Crippen LogP contribution in [0.25, 0.3) is 10.9 Å². The zero-order valence-electron chi connectivity index (χ0n) is 19.9. The number of halogens is 2. The molecule has 34 heavy (non-hydrogen) atoms. The molecule has 1 saturated heterocycles. The normalized spacial score (nSPS) is 18.4. The van der Waals surface area contributed by atoms with Crippen LogP contribution in [0.15, 0.2) is 18.2 Å². The average Bonchev–Trinajstić information content (AvgIpc) is 3.20. The summed E-state index contributed by atoms with van der Waals surface area (Å²) in [5, 5.41) is 11.1. The van der Waals surface area contributed by atoms with Crippen LogP contribution in [0.2, 0.25) is 0 Å². The number of benzene rings is 1. The van der Waals surface area contributed by atoms with Crippen molar-refractivity contribution in [1.29, 1.82) is 0 Å². The number of fused-ring (bicyclic) bond motifs is 1. The predicted molar refractivity (Wildman–Crippen MR) is 120 cm³/mol. The number of likely N-dealkylation sites (tertiary alicyclic amines) is 1. The first-order chi connectivity index (χ1) is 15.9. The second-order valence-corrected chi connectivity index (χ2v) is 9.32. The lowest BCUT2D eigenvalue weighted by Crippen LogP contribution is -2.43. The number of aromatic nitrogens is 1. The van der Waals surface area contributed by atoms with Crippen molar-refractivity contribution in [2.24, 2.45) is 5.92 Å². The van der Waals surface area contributed by atoms with Crippen LogP contribution in [-0.4, -0.2) is 59.5 Å². The van der Waals surface area contributed by atoms with Crippen molar-refractivity contribution in [2.75, 3.05) is 20.8 Å². The summed E-state index contributed by atoms with van der Waals surface area (Å²) >= 11 is 0. The summed E-state index contributed by atoms with van der Waals surface area (Å²) in [4.78, 5) is 30.3. The number of ether oxygens (including phenoxy) is 3. The molecule has 2 unspecified atom stereocenters. The Kier molecular flexibility index (Phi) is 7.48. The van der Waals surface area contributed by atoms with Gasteiger partial charge < -0.3 is 19.3 Å². The quantitative estimate of drug-likeness (QED) is 0.603. The summed E-state index contributed by atoms with van der Waals surface area (Å²) < 4.78 is 42.6. The number of rotatable bonds is 6. The van der Waals surface area contributed by atoms with E-state index in [0.717, 1.165) is 0 Å². The maximum absolute atomic E-state index is 13.5. The molecule has 1 aromatic carbocycles. The Bertz CT molecular complexity index is 1070. The number of esters is 1. The summed E-state index contributed by atoms with van der Waals surface area (Å²) in [5.41, 5.74) is -0.771. The number of alkyl halides is 2. The lowest BCUT2D eigenvalue weighted by Gasteiger charge is -2.27. The third-order valence-corrected chi connectivity index (χ3v) is 5.80. The van der Waals surface area contributed by atoms with E-state index in [1.165, 1.54) is 19.1 Å². The molecule has 0 spiro atoms. The van der Waals surface area contributed by atoms with Gasteiger partial charge in [-0.05, 0) is 64.2 Å². The van der Waals surface area contributed by atoms with Crippen LogP contribution < -0.4 is 4.74 Å². The largest absolute Gasteiger partial charge is 0.505 e. The number of carbonyl (C=O) groups excluding carboxylic acids is 2. The number of aromatic hydroxyl groups is 1. The Hall–Kier alpha value is -3.17. The second kappa shape index (κ2) is 9.99. The van der Waals surface area contributed by atoms with Crippen molar-refractivity contribution in [1.82, 2.24) is 9.88 Å². The van der Waals surface area contributed by atoms with Gasteiger partial charge in [0.15, 0.2) is 0 Å². The monoisotopic (exact) mass is 480 g/mol. The first kappa shape index (κ1) is 25.5. The van der Waals surface area contributed by atoms with Gasteiger partial charge in [-0.25, -0.2) is 23.4 Å². The first-order valence-corrected chi connectivity index (χ1v) is 11.0. The van der Waals surface area contributed by atoms with Gasteiger partial charge >= 0.3 is 12.1 Å². The van der Waals surface area contributed by atoms with Crippen LogP contribution in [0.4, 0.5) is 13.6 Å². The van der Waals surface area contributed by atoms with Gasteiger partial charge in [0.25, 0.3) is 6.43 Å². The SMILES string of the molecule is COC(=O)C1CC(CCc2c(O)c(C(F)F)nc3ccc(OC)cc23)CN1C(=O)OC(C)(C)C. The molecule has 2 heterocycles. The molecule has 186 valence electrons. The van der Waals surface area contributed by atoms with Gasteiger partial charge in [-0.2, -0.15) is 0 Å². The molecule has 0 radical (unpaired) electrons. The molecule has 2 aromatic rings. The number of aryl methyl sites for hydroxylation is 1. The van der Waals surface area contributed by atoms with Crippen molar-refractivity contribution in [3.8, 4) is 11.5 Å². The smallest absolute Gasteiger partial charge is 0.411 e. The van der Waals surface area contributed by atoms with E-state index in [2.05, 4.69) is 4.98 Å². The van der Waals surface area contributed by atoms with Crippen molar-refractivity contribution in [3.05, 3.63) is 29.5 Å². The average molecular weight is 481 g/mol. The number of pyridine rings is 1. The molecule has 0 bridgehead atoms. The highest BCUT2D eigenvalue weighted by Crippen LogP contribution is 2.38. The van der Waals surface area contributed by atoms with E-state index in [1.54, 1.807) is 39.0 Å². The number of methoxy groups -OCH3 is 2. The van der Waals surface area contributed by atoms with Crippen LogP contribution in [-0.2, 0) is 20.7 Å². The Labute approximate surface area is 196 Å². The maximum Gasteiger partial charge on any atom is 0.411 e. The standard InChI is InChI=1S/C24H30F2N2O6/c1-24(2,3)34-23(31)28-12-13(10-18(28)22(30)33-5)6-8-15-16-11-14(32-4)7-9-17(16)27-19(20(15)29)21(25)26/h7,9,11,13,18,21,29H,6,8,10,12H2,1-5H3. The van der Waals surface area contributed by atoms with Crippen molar-refractivity contribution < 1.29 is 37.7 Å². The van der Waals surface area contributed by atoms with Crippen LogP contribution in [0.5, 0.6) is 11.5 Å². The number of nitrogens with zero attached hydrogens (tertiary/aromatic N) is 2. The Morgan fingerprint density at radius 2 is 1.97 bits per heavy atom. The van der Waals surface area contributed by atoms with E-state index in [-0.39, 0.29) is 18.9 Å². The highest BCUT2D eigenvalue weighted by Gasteiger charge is 2.42. The molecule has 1 aliphatic heterocycles. The molecular formula is C24H30F2N2O6. The third-order valence-electron chi connectivity index (χ3n) is 5.80. The van der Waals surface area contributed by atoms with Gasteiger partial charge in [0.1, 0.15) is 28.8 Å². The molecular weight excluding hydrogens is 450 g/mol. The molecule has 1 aromatic heterocycles. The Morgan fingerprint density at radius 1 is 1.26 bits per heavy atom. The topological polar surface area (TPSA) is 98.2 Å². The summed E-state index contributed by atoms with van der Waals surface area (Å²) in [7, 11) is 2.74. The zero-order chi connectivity index (χ0) is 25.2. The van der Waals surface area contributed by atoms with E-state index < -0.39 is 41.6 Å². The molecule has 1 N–H and O–H groups in total. The van der Waals surface area contributed by atoms with E-state index in [0.29, 0.717) is 35.1 Å². The number of amides is 1. The van der Waals surface area contributed by atoms with Gasteiger partial charge in [-0.1, -0.05) is 0 Å². The van der Waals surface area contributed by atoms with Crippen molar-refractivity contribution >= 4 is 23.0 Å². The lowest BCUT2D eigenvalue weighted by molar-refractivity contribution is -0.145. The van der Waals surface area contributed by atoms with Gasteiger partial charge in [-0.15, -0.1) is 0 Å². The minimum atomic E-state index is -2.94. The van der Waals surface area contributed by atoms with Crippen molar-refractivity contribution in [3.63, 3.8) is 0 Å². The second-order valence-electron chi connectivity index (χ2n) is 9.32. The van der Waals surface area contributed by atoms with Crippen molar-refractivity contribution in [2.45, 2.75) is 58.1 Å². The summed E-state index contributed by atoms with van der Waals surface area (Å²) in [5.74, 6) is -0.736. The van der Waals surface area contributed by atoms with Crippen LogP contribution in [0, 0.1) is 5.92 Å². The van der Waals surface area contributed by atoms with Gasteiger partial charge in [-0.3, -0.25) is 4.90 Å². The molecule has 2 atom stereocenters. The van der Waals surface area contributed by atoms with E-state index >= 15 is 0 Å². The highest BCUT2D eigenvalue weighted by atomic mass is 19.3. The molecule has 8 nitrogen and oxygen atoms in total. The maximum atomic E-state index is 13.5. The van der Waals surface area contributed by atoms with E-state index in [4.69, 9.17) is 14.2 Å². The molecule has 1 amide bonds. The van der Waals surface area contributed by atoms with E-state index in [1.807, 2.05) is 0 Å². The van der Waals surface area contributed by atoms with Gasteiger partial charge in [0, 0.05) is 17.5 Å². The van der Waals surface area contributed by atoms with Gasteiger partial charge in [0.2, 0.25) is 0 Å². The molecule has 1 aliphatic rings. The van der Waals surface area contributed by atoms with Crippen LogP contribution >= 0.6 is 0 Å². The summed E-state index contributed by atoms with van der Waals surface area (Å²) in [6.07, 6.45) is -2.56. The Balaban J connectivity index is 1.87. The first-order valence-electron chi connectivity index (χ1n) is 11.0. The predicted octanol–water partition coefficient (Wildman–Crippen LogP) is 4.62. The highest BCUT2D eigenvalue weighted by molar-refractivity contribution is 5.86. The number of carbonyl (C=O) groups is 2. The minimum absolute atomic E-state index is 0.139. The van der Waals surface area contributed by atoms with Crippen LogP contribution in [0.3, 0.4) is 0 Å². The fourth-order valence-electron chi connectivity index (χ4n) is 4.21. The lowest BCUT2D eigenvalue weighted by atomic mass is 9.94. The number of hydrogen-bond donors (Lipinski definition) is 1. The molecule has 1 fully saturated rings. The van der Waals surface area contributed by atoms with E-state index in [9.17, 15) is 23.5 Å². The third kappa shape index (κ3) is 5.48. The number of hydrogen-bond acceptors (Lipinski definition) is 7. The molecule has 10 heteroatoms. The summed E-state index contributed by atoms with van der Waals surface area (Å²) in [6, 6.07) is 4.02. The summed E-state index contributed by atoms with van der Waals surface area (Å²) in [6.45, 7) is 5.44. The van der Waals surface area contributed by atoms with Gasteiger partial charge in [0.05, 0.1) is 19.7 Å². The minimum Gasteiger partial charge on any atom is -0.505 e.